The minimum Gasteiger partial charge on any atom is -0.489 e. The van der Waals surface area contributed by atoms with E-state index in [2.05, 4.69) is 10.2 Å². The van der Waals surface area contributed by atoms with Crippen LogP contribution in [0.15, 0.2) is 43.0 Å². The second kappa shape index (κ2) is 3.17. The van der Waals surface area contributed by atoms with Crippen LogP contribution in [0.2, 0.25) is 0 Å². The Hall–Kier alpha value is -1.64. The summed E-state index contributed by atoms with van der Waals surface area (Å²) in [5, 5.41) is 7.46. The van der Waals surface area contributed by atoms with Crippen molar-refractivity contribution in [3.05, 3.63) is 48.5 Å². The van der Waals surface area contributed by atoms with E-state index in [0.29, 0.717) is 0 Å². The second-order valence-electron chi connectivity index (χ2n) is 2.45. The largest absolute Gasteiger partial charge is 0.489 e. The van der Waals surface area contributed by atoms with Gasteiger partial charge in [-0.15, -0.1) is 0 Å². The van der Waals surface area contributed by atoms with Crippen molar-refractivity contribution in [1.29, 1.82) is 0 Å². The molecule has 0 N–H and O–H groups in total. The van der Waals surface area contributed by atoms with Crippen LogP contribution in [0.4, 0.5) is 0 Å². The summed E-state index contributed by atoms with van der Waals surface area (Å²) in [5.41, 5.74) is 1.02. The molecule has 0 fully saturated rings. The predicted molar refractivity (Wildman–Crippen MR) is 44.1 cm³/mol. The van der Waals surface area contributed by atoms with E-state index in [1.807, 2.05) is 24.3 Å². The fraction of sp³-hybridized carbons (Fsp3) is 0.111. The van der Waals surface area contributed by atoms with E-state index in [4.69, 9.17) is 4.74 Å². The van der Waals surface area contributed by atoms with Gasteiger partial charge in [-0.05, 0) is 18.2 Å². The first-order valence-corrected chi connectivity index (χ1v) is 3.72. The first-order chi connectivity index (χ1) is 5.97. The highest BCUT2D eigenvalue weighted by atomic mass is 16.5. The molecule has 0 amide bonds. The van der Waals surface area contributed by atoms with E-state index in [9.17, 15) is 0 Å². The lowest BCUT2D eigenvalue weighted by Crippen LogP contribution is -1.99. The van der Waals surface area contributed by atoms with Crippen molar-refractivity contribution in [2.45, 2.75) is 6.10 Å². The first-order valence-electron chi connectivity index (χ1n) is 3.72. The Morgan fingerprint density at radius 1 is 1.25 bits per heavy atom. The standard InChI is InChI=1S/C9H8N2O/c1-2-6-12-9(3-1)8-4-5-10-11-7-8/h1-7,9H. The molecule has 1 aliphatic heterocycles. The average Bonchev–Trinajstić information content (AvgIpc) is 2.21. The van der Waals surface area contributed by atoms with Crippen LogP contribution in [0, 0.1) is 0 Å². The zero-order valence-corrected chi connectivity index (χ0v) is 6.42. The highest BCUT2D eigenvalue weighted by molar-refractivity contribution is 5.20. The quantitative estimate of drug-likeness (QED) is 0.626. The summed E-state index contributed by atoms with van der Waals surface area (Å²) >= 11 is 0. The minimum absolute atomic E-state index is 0.00880. The lowest BCUT2D eigenvalue weighted by atomic mass is 10.1. The summed E-state index contributed by atoms with van der Waals surface area (Å²) in [6.07, 6.45) is 10.8. The Balaban J connectivity index is 2.21. The SMILES string of the molecule is C1=COC(c2ccnnc2)C=C1. The molecular formula is C9H8N2O. The van der Waals surface area contributed by atoms with E-state index >= 15 is 0 Å². The van der Waals surface area contributed by atoms with Crippen LogP contribution in [0.25, 0.3) is 0 Å². The Labute approximate surface area is 70.4 Å². The van der Waals surface area contributed by atoms with Crippen LogP contribution in [-0.4, -0.2) is 10.2 Å². The third-order valence-electron chi connectivity index (χ3n) is 1.64. The van der Waals surface area contributed by atoms with Crippen LogP contribution in [0.5, 0.6) is 0 Å². The number of ether oxygens (including phenoxy) is 1. The third-order valence-corrected chi connectivity index (χ3v) is 1.64. The van der Waals surface area contributed by atoms with Gasteiger partial charge in [-0.1, -0.05) is 6.08 Å². The maximum atomic E-state index is 5.33. The van der Waals surface area contributed by atoms with E-state index in [-0.39, 0.29) is 6.10 Å². The molecule has 0 aromatic carbocycles. The molecule has 12 heavy (non-hydrogen) atoms. The van der Waals surface area contributed by atoms with E-state index in [1.165, 1.54) is 0 Å². The number of allylic oxidation sites excluding steroid dienone is 2. The van der Waals surface area contributed by atoms with Gasteiger partial charge in [0.15, 0.2) is 0 Å². The van der Waals surface area contributed by atoms with E-state index in [0.717, 1.165) is 5.56 Å². The number of nitrogens with zero attached hydrogens (tertiary/aromatic N) is 2. The van der Waals surface area contributed by atoms with Gasteiger partial charge in [0, 0.05) is 11.8 Å². The fourth-order valence-electron chi connectivity index (χ4n) is 1.04. The van der Waals surface area contributed by atoms with Crippen molar-refractivity contribution in [3.63, 3.8) is 0 Å². The van der Waals surface area contributed by atoms with Crippen LogP contribution in [0.3, 0.4) is 0 Å². The van der Waals surface area contributed by atoms with Gasteiger partial charge < -0.3 is 4.74 Å². The van der Waals surface area contributed by atoms with Gasteiger partial charge in [-0.25, -0.2) is 0 Å². The summed E-state index contributed by atoms with van der Waals surface area (Å²) in [6, 6.07) is 1.89. The molecule has 0 aliphatic carbocycles. The topological polar surface area (TPSA) is 35.0 Å². The van der Waals surface area contributed by atoms with Crippen molar-refractivity contribution < 1.29 is 4.74 Å². The molecule has 2 rings (SSSR count). The van der Waals surface area contributed by atoms with Gasteiger partial charge in [0.1, 0.15) is 6.10 Å². The highest BCUT2D eigenvalue weighted by Crippen LogP contribution is 2.19. The van der Waals surface area contributed by atoms with Crippen molar-refractivity contribution >= 4 is 0 Å². The maximum Gasteiger partial charge on any atom is 0.143 e. The van der Waals surface area contributed by atoms with Crippen LogP contribution in [-0.2, 0) is 4.74 Å². The molecule has 1 aromatic rings. The Morgan fingerprint density at radius 2 is 2.25 bits per heavy atom. The van der Waals surface area contributed by atoms with Gasteiger partial charge in [0.2, 0.25) is 0 Å². The highest BCUT2D eigenvalue weighted by Gasteiger charge is 2.08. The number of aromatic nitrogens is 2. The molecule has 3 nitrogen and oxygen atoms in total. The molecule has 2 heterocycles. The van der Waals surface area contributed by atoms with Gasteiger partial charge in [-0.2, -0.15) is 10.2 Å². The summed E-state index contributed by atoms with van der Waals surface area (Å²) in [7, 11) is 0. The number of rotatable bonds is 1. The maximum absolute atomic E-state index is 5.33. The zero-order valence-electron chi connectivity index (χ0n) is 6.42. The summed E-state index contributed by atoms with van der Waals surface area (Å²) in [5.74, 6) is 0. The third kappa shape index (κ3) is 1.34. The second-order valence-corrected chi connectivity index (χ2v) is 2.45. The molecule has 60 valence electrons. The molecular weight excluding hydrogens is 152 g/mol. The van der Waals surface area contributed by atoms with Gasteiger partial charge in [0.05, 0.1) is 12.5 Å². The van der Waals surface area contributed by atoms with Crippen molar-refractivity contribution in [1.82, 2.24) is 10.2 Å². The van der Waals surface area contributed by atoms with Crippen LogP contribution >= 0.6 is 0 Å². The van der Waals surface area contributed by atoms with E-state index in [1.54, 1.807) is 18.7 Å². The molecule has 0 saturated heterocycles. The molecule has 0 bridgehead atoms. The predicted octanol–water partition coefficient (Wildman–Crippen LogP) is 1.62. The van der Waals surface area contributed by atoms with Crippen molar-refractivity contribution in [2.24, 2.45) is 0 Å². The minimum atomic E-state index is -0.00880. The summed E-state index contributed by atoms with van der Waals surface area (Å²) < 4.78 is 5.33. The molecule has 0 spiro atoms. The zero-order chi connectivity index (χ0) is 8.23. The van der Waals surface area contributed by atoms with Gasteiger partial charge in [0.25, 0.3) is 0 Å². The summed E-state index contributed by atoms with van der Waals surface area (Å²) in [6.45, 7) is 0. The lowest BCUT2D eigenvalue weighted by molar-refractivity contribution is 0.186. The van der Waals surface area contributed by atoms with Gasteiger partial charge in [-0.3, -0.25) is 0 Å². The molecule has 1 unspecified atom stereocenters. The average molecular weight is 160 g/mol. The Bertz CT molecular complexity index is 306. The molecule has 3 heteroatoms. The van der Waals surface area contributed by atoms with Crippen molar-refractivity contribution in [2.75, 3.05) is 0 Å². The molecule has 0 radical (unpaired) electrons. The first kappa shape index (κ1) is 7.03. The lowest BCUT2D eigenvalue weighted by Gasteiger charge is -2.13. The number of hydrogen-bond acceptors (Lipinski definition) is 3. The Morgan fingerprint density at radius 3 is 2.92 bits per heavy atom. The van der Waals surface area contributed by atoms with Crippen molar-refractivity contribution in [3.8, 4) is 0 Å². The van der Waals surface area contributed by atoms with E-state index < -0.39 is 0 Å². The van der Waals surface area contributed by atoms with Crippen LogP contribution < -0.4 is 0 Å². The number of hydrogen-bond donors (Lipinski definition) is 0. The molecule has 1 atom stereocenters. The molecule has 0 saturated carbocycles. The van der Waals surface area contributed by atoms with Crippen LogP contribution in [0.1, 0.15) is 11.7 Å². The normalized spacial score (nSPS) is 20.5. The Kier molecular flexibility index (Phi) is 1.86. The molecule has 1 aliphatic rings. The fourth-order valence-corrected chi connectivity index (χ4v) is 1.04. The smallest absolute Gasteiger partial charge is 0.143 e. The van der Waals surface area contributed by atoms with Gasteiger partial charge >= 0.3 is 0 Å². The molecule has 1 aromatic heterocycles. The summed E-state index contributed by atoms with van der Waals surface area (Å²) in [4.78, 5) is 0. The monoisotopic (exact) mass is 160 g/mol.